The Morgan fingerprint density at radius 2 is 1.70 bits per heavy atom. The third kappa shape index (κ3) is 12.8. The summed E-state index contributed by atoms with van der Waals surface area (Å²) < 4.78 is 18.6. The molecule has 9 heteroatoms. The van der Waals surface area contributed by atoms with Gasteiger partial charge in [0, 0.05) is 32.3 Å². The highest BCUT2D eigenvalue weighted by Gasteiger charge is 2.42. The van der Waals surface area contributed by atoms with Gasteiger partial charge in [0.05, 0.1) is 18.4 Å². The number of esters is 1. The first-order valence-electron chi connectivity index (χ1n) is 15.8. The number of imide groups is 1. The molecule has 1 fully saturated rings. The maximum absolute atomic E-state index is 13.4. The third-order valence-corrected chi connectivity index (χ3v) is 13.3. The SMILES string of the molecule is C=CCC=CCC(=O)O[C@@H](C(C)=C[C@@H](C)[C@H](O[Si](C)(C)C(C)(C)C)[C@H](C=C)OC)[C@H](C)C(=O)CCCC1CC(=O)NC(=O)C1. The number of hydrogen-bond donors (Lipinski definition) is 1. The van der Waals surface area contributed by atoms with Gasteiger partial charge in [-0.1, -0.05) is 65.0 Å². The molecular formula is C35H57NO7Si. The molecule has 0 aromatic carbocycles. The minimum atomic E-state index is -2.19. The highest BCUT2D eigenvalue weighted by molar-refractivity contribution is 6.74. The van der Waals surface area contributed by atoms with Gasteiger partial charge in [0.15, 0.2) is 8.32 Å². The molecule has 0 aromatic rings. The topological polar surface area (TPSA) is 108 Å². The number of piperidine rings is 1. The number of rotatable bonds is 19. The van der Waals surface area contributed by atoms with E-state index in [-0.39, 0.29) is 59.5 Å². The van der Waals surface area contributed by atoms with Gasteiger partial charge in [0.2, 0.25) is 11.8 Å². The molecule has 0 radical (unpaired) electrons. The average molecular weight is 632 g/mol. The molecule has 0 bridgehead atoms. The summed E-state index contributed by atoms with van der Waals surface area (Å²) in [5, 5.41) is 2.30. The largest absolute Gasteiger partial charge is 0.457 e. The normalized spacial score (nSPS) is 18.7. The maximum Gasteiger partial charge on any atom is 0.310 e. The number of ketones is 1. The molecule has 1 heterocycles. The van der Waals surface area contributed by atoms with E-state index in [1.807, 2.05) is 26.0 Å². The lowest BCUT2D eigenvalue weighted by molar-refractivity contribution is -0.150. The first-order valence-corrected chi connectivity index (χ1v) is 18.7. The minimum Gasteiger partial charge on any atom is -0.457 e. The number of ether oxygens (including phenoxy) is 2. The van der Waals surface area contributed by atoms with Crippen LogP contribution in [0.25, 0.3) is 0 Å². The van der Waals surface area contributed by atoms with Gasteiger partial charge in [0.25, 0.3) is 0 Å². The smallest absolute Gasteiger partial charge is 0.310 e. The zero-order valence-electron chi connectivity index (χ0n) is 28.6. The van der Waals surface area contributed by atoms with Crippen molar-refractivity contribution in [1.82, 2.24) is 5.32 Å². The van der Waals surface area contributed by atoms with Crippen LogP contribution in [0.15, 0.2) is 49.1 Å². The van der Waals surface area contributed by atoms with Crippen molar-refractivity contribution >= 4 is 31.9 Å². The second kappa shape index (κ2) is 18.4. The molecule has 1 saturated heterocycles. The second-order valence-electron chi connectivity index (χ2n) is 13.6. The van der Waals surface area contributed by atoms with Crippen molar-refractivity contribution in [2.24, 2.45) is 17.8 Å². The quantitative estimate of drug-likeness (QED) is 0.0706. The van der Waals surface area contributed by atoms with Crippen LogP contribution in [0.5, 0.6) is 0 Å². The van der Waals surface area contributed by atoms with Gasteiger partial charge in [-0.2, -0.15) is 0 Å². The standard InChI is InChI=1S/C35H57NO7Si/c1-12-14-15-16-20-32(40)42-33(26(5)28(37)19-17-18-27-22-30(38)36-31(39)23-27)24(3)21-25(4)34(29(13-2)41-9)43-44(10,11)35(6,7)8/h12-13,15-16,21,25-27,29,33-34H,1-2,14,17-20,22-23H2,3-11H3,(H,36,38,39)/t25-,26-,29+,33+,34+/m1/s1. The fourth-order valence-corrected chi connectivity index (χ4v) is 6.51. The van der Waals surface area contributed by atoms with E-state index in [4.69, 9.17) is 13.9 Å². The molecule has 1 N–H and O–H groups in total. The fraction of sp³-hybridized carbons (Fsp3) is 0.657. The summed E-state index contributed by atoms with van der Waals surface area (Å²) in [6, 6.07) is 0. The molecule has 0 spiro atoms. The molecule has 0 unspecified atom stereocenters. The molecular weight excluding hydrogens is 574 g/mol. The lowest BCUT2D eigenvalue weighted by atomic mass is 9.86. The van der Waals surface area contributed by atoms with Crippen molar-refractivity contribution in [2.45, 2.75) is 123 Å². The molecule has 0 aliphatic carbocycles. The van der Waals surface area contributed by atoms with Crippen LogP contribution in [0.4, 0.5) is 0 Å². The van der Waals surface area contributed by atoms with Gasteiger partial charge < -0.3 is 13.9 Å². The van der Waals surface area contributed by atoms with Crippen LogP contribution in [0, 0.1) is 17.8 Å². The monoisotopic (exact) mass is 631 g/mol. The van der Waals surface area contributed by atoms with Crippen LogP contribution >= 0.6 is 0 Å². The molecule has 1 aliphatic heterocycles. The number of methoxy groups -OCH3 is 1. The summed E-state index contributed by atoms with van der Waals surface area (Å²) in [4.78, 5) is 49.8. The maximum atomic E-state index is 13.4. The molecule has 5 atom stereocenters. The molecule has 0 aromatic heterocycles. The third-order valence-electron chi connectivity index (χ3n) is 8.79. The van der Waals surface area contributed by atoms with Crippen LogP contribution in [0.3, 0.4) is 0 Å². The van der Waals surface area contributed by atoms with E-state index >= 15 is 0 Å². The summed E-state index contributed by atoms with van der Waals surface area (Å²) in [7, 11) is -0.550. The van der Waals surface area contributed by atoms with Crippen LogP contribution in [-0.4, -0.2) is 57.3 Å². The highest BCUT2D eigenvalue weighted by atomic mass is 28.4. The van der Waals surface area contributed by atoms with E-state index in [9.17, 15) is 19.2 Å². The van der Waals surface area contributed by atoms with E-state index in [0.717, 1.165) is 5.57 Å². The number of hydrogen-bond acceptors (Lipinski definition) is 7. The number of nitrogens with one attached hydrogen (secondary N) is 1. The lowest BCUT2D eigenvalue weighted by Crippen LogP contribution is -2.49. The van der Waals surface area contributed by atoms with Crippen LogP contribution in [-0.2, 0) is 33.1 Å². The average Bonchev–Trinajstić information content (AvgIpc) is 2.92. The van der Waals surface area contributed by atoms with E-state index in [0.29, 0.717) is 32.1 Å². The fourth-order valence-electron chi connectivity index (χ4n) is 5.13. The first kappa shape index (κ1) is 39.4. The van der Waals surface area contributed by atoms with Crippen molar-refractivity contribution in [3.63, 3.8) is 0 Å². The zero-order chi connectivity index (χ0) is 33.7. The Bertz CT molecular complexity index is 1060. The van der Waals surface area contributed by atoms with Crippen LogP contribution in [0.2, 0.25) is 18.1 Å². The van der Waals surface area contributed by atoms with Gasteiger partial charge in [0.1, 0.15) is 18.0 Å². The molecule has 44 heavy (non-hydrogen) atoms. The van der Waals surface area contributed by atoms with E-state index < -0.39 is 26.3 Å². The number of allylic oxidation sites excluding steroid dienone is 2. The molecule has 2 amide bonds. The minimum absolute atomic E-state index is 0.0178. The van der Waals surface area contributed by atoms with E-state index in [2.05, 4.69) is 52.3 Å². The molecule has 1 rings (SSSR count). The second-order valence-corrected chi connectivity index (χ2v) is 18.3. The van der Waals surface area contributed by atoms with Gasteiger partial charge in [-0.3, -0.25) is 24.5 Å². The van der Waals surface area contributed by atoms with Gasteiger partial charge >= 0.3 is 5.97 Å². The Kier molecular flexibility index (Phi) is 16.5. The number of carbonyl (C=O) groups excluding carboxylic acids is 4. The van der Waals surface area contributed by atoms with Crippen molar-refractivity contribution in [3.8, 4) is 0 Å². The molecule has 8 nitrogen and oxygen atoms in total. The lowest BCUT2D eigenvalue weighted by Gasteiger charge is -2.42. The number of Topliss-reactive ketones (excluding diaryl/α,β-unsaturated/α-hetero) is 1. The zero-order valence-corrected chi connectivity index (χ0v) is 29.6. The predicted octanol–water partition coefficient (Wildman–Crippen LogP) is 7.02. The Labute approximate surface area is 266 Å². The van der Waals surface area contributed by atoms with Gasteiger partial charge in [-0.15, -0.1) is 13.2 Å². The summed E-state index contributed by atoms with van der Waals surface area (Å²) in [5.74, 6) is -1.78. The summed E-state index contributed by atoms with van der Waals surface area (Å²) in [6.07, 6.45) is 10.4. The van der Waals surface area contributed by atoms with Crippen molar-refractivity contribution in [3.05, 3.63) is 49.1 Å². The Morgan fingerprint density at radius 1 is 1.09 bits per heavy atom. The Hall–Kier alpha value is -2.62. The first-order chi connectivity index (χ1) is 20.5. The predicted molar refractivity (Wildman–Crippen MR) is 178 cm³/mol. The summed E-state index contributed by atoms with van der Waals surface area (Å²) in [6.45, 7) is 24.3. The molecule has 1 aliphatic rings. The van der Waals surface area contributed by atoms with Crippen molar-refractivity contribution < 1.29 is 33.1 Å². The highest BCUT2D eigenvalue weighted by Crippen LogP contribution is 2.39. The van der Waals surface area contributed by atoms with E-state index in [1.165, 1.54) is 0 Å². The van der Waals surface area contributed by atoms with Gasteiger partial charge in [-0.25, -0.2) is 0 Å². The Morgan fingerprint density at radius 3 is 2.23 bits per heavy atom. The molecule has 248 valence electrons. The Balaban J connectivity index is 3.22. The van der Waals surface area contributed by atoms with Crippen LogP contribution in [0.1, 0.15) is 86.5 Å². The number of carbonyl (C=O) groups is 4. The summed E-state index contributed by atoms with van der Waals surface area (Å²) >= 11 is 0. The number of amides is 2. The van der Waals surface area contributed by atoms with E-state index in [1.54, 1.807) is 32.3 Å². The van der Waals surface area contributed by atoms with Crippen LogP contribution < -0.4 is 5.32 Å². The van der Waals surface area contributed by atoms with Crippen molar-refractivity contribution in [2.75, 3.05) is 7.11 Å². The molecule has 0 saturated carbocycles. The van der Waals surface area contributed by atoms with Gasteiger partial charge in [-0.05, 0) is 55.8 Å². The summed E-state index contributed by atoms with van der Waals surface area (Å²) in [5.41, 5.74) is 0.763. The van der Waals surface area contributed by atoms with Crippen molar-refractivity contribution in [1.29, 1.82) is 0 Å².